The molecular formula is C7H19N5. The van der Waals surface area contributed by atoms with Gasteiger partial charge >= 0.3 is 0 Å². The average molecular weight is 173 g/mol. The second kappa shape index (κ2) is 10.5. The van der Waals surface area contributed by atoms with Gasteiger partial charge in [-0.05, 0) is 19.5 Å². The van der Waals surface area contributed by atoms with Crippen LogP contribution in [0.25, 0.3) is 0 Å². The van der Waals surface area contributed by atoms with Gasteiger partial charge in [0.1, 0.15) is 0 Å². The smallest absolute Gasteiger partial charge is 0.0721 e. The predicted octanol–water partition coefficient (Wildman–Crippen LogP) is -0.455. The quantitative estimate of drug-likeness (QED) is 0.281. The molecule has 0 aliphatic carbocycles. The van der Waals surface area contributed by atoms with Gasteiger partial charge in [0, 0.05) is 19.6 Å². The summed E-state index contributed by atoms with van der Waals surface area (Å²) >= 11 is 0. The van der Waals surface area contributed by atoms with E-state index in [0.717, 1.165) is 32.6 Å². The van der Waals surface area contributed by atoms with Crippen LogP contribution in [0.2, 0.25) is 0 Å². The lowest BCUT2D eigenvalue weighted by Crippen LogP contribution is -2.27. The van der Waals surface area contributed by atoms with Crippen molar-refractivity contribution in [1.82, 2.24) is 10.6 Å². The molecule has 0 heterocycles. The maximum Gasteiger partial charge on any atom is 0.0721 e. The Morgan fingerprint density at radius 2 is 1.75 bits per heavy atom. The van der Waals surface area contributed by atoms with Crippen LogP contribution in [0, 0.1) is 5.53 Å². The maximum atomic E-state index is 6.53. The molecule has 0 amide bonds. The fourth-order valence-corrected chi connectivity index (χ4v) is 0.825. The summed E-state index contributed by atoms with van der Waals surface area (Å²) in [5.74, 6) is 0. The fourth-order valence-electron chi connectivity index (χ4n) is 0.825. The molecule has 0 aromatic carbocycles. The van der Waals surface area contributed by atoms with E-state index in [0.29, 0.717) is 13.1 Å². The number of rotatable bonds is 9. The van der Waals surface area contributed by atoms with Crippen LogP contribution in [0.1, 0.15) is 6.42 Å². The van der Waals surface area contributed by atoms with Crippen molar-refractivity contribution in [1.29, 1.82) is 5.53 Å². The third kappa shape index (κ3) is 9.48. The van der Waals surface area contributed by atoms with Gasteiger partial charge in [-0.2, -0.15) is 5.11 Å². The molecule has 0 atom stereocenters. The van der Waals surface area contributed by atoms with Crippen molar-refractivity contribution < 1.29 is 0 Å². The zero-order chi connectivity index (χ0) is 9.07. The minimum Gasteiger partial charge on any atom is -0.329 e. The van der Waals surface area contributed by atoms with E-state index in [-0.39, 0.29) is 0 Å². The Bertz CT molecular complexity index is 95.8. The molecule has 72 valence electrons. The van der Waals surface area contributed by atoms with Crippen molar-refractivity contribution in [2.75, 3.05) is 39.3 Å². The van der Waals surface area contributed by atoms with Crippen LogP contribution < -0.4 is 16.4 Å². The molecule has 0 saturated carbocycles. The first-order valence-electron chi connectivity index (χ1n) is 4.36. The van der Waals surface area contributed by atoms with Crippen LogP contribution in [-0.4, -0.2) is 39.3 Å². The fraction of sp³-hybridized carbons (Fsp3) is 1.00. The largest absolute Gasteiger partial charge is 0.329 e. The van der Waals surface area contributed by atoms with E-state index in [1.54, 1.807) is 0 Å². The molecule has 0 saturated heterocycles. The highest BCUT2D eigenvalue weighted by molar-refractivity contribution is 4.52. The van der Waals surface area contributed by atoms with E-state index in [1.165, 1.54) is 0 Å². The Morgan fingerprint density at radius 3 is 2.33 bits per heavy atom. The van der Waals surface area contributed by atoms with Crippen molar-refractivity contribution in [2.24, 2.45) is 10.8 Å². The molecule has 0 unspecified atom stereocenters. The Kier molecular flexibility index (Phi) is 10.0. The molecule has 0 aromatic rings. The predicted molar refractivity (Wildman–Crippen MR) is 49.4 cm³/mol. The topological polar surface area (TPSA) is 86.3 Å². The minimum atomic E-state index is 0.580. The molecule has 0 spiro atoms. The zero-order valence-corrected chi connectivity index (χ0v) is 7.47. The normalized spacial score (nSPS) is 10.1. The van der Waals surface area contributed by atoms with Crippen LogP contribution >= 0.6 is 0 Å². The minimum absolute atomic E-state index is 0.580. The van der Waals surface area contributed by atoms with Crippen molar-refractivity contribution in [3.8, 4) is 0 Å². The molecule has 0 radical (unpaired) electrons. The summed E-state index contributed by atoms with van der Waals surface area (Å²) in [7, 11) is 0. The second-order valence-corrected chi connectivity index (χ2v) is 2.52. The molecule has 12 heavy (non-hydrogen) atoms. The van der Waals surface area contributed by atoms with Gasteiger partial charge in [-0.25, -0.2) is 5.53 Å². The van der Waals surface area contributed by atoms with Gasteiger partial charge in [0.2, 0.25) is 0 Å². The third-order valence-corrected chi connectivity index (χ3v) is 1.43. The first kappa shape index (κ1) is 11.5. The van der Waals surface area contributed by atoms with Crippen molar-refractivity contribution in [2.45, 2.75) is 6.42 Å². The molecule has 5 N–H and O–H groups in total. The number of nitrogens with one attached hydrogen (secondary N) is 3. The average Bonchev–Trinajstić information content (AvgIpc) is 2.10. The standard InChI is InChI=1S/C7H19N5/c8-2-5-10-3-1-4-11-6-7-12-9/h9-11H,1-8H2. The lowest BCUT2D eigenvalue weighted by atomic mass is 10.4. The molecular weight excluding hydrogens is 154 g/mol. The van der Waals surface area contributed by atoms with E-state index in [1.807, 2.05) is 0 Å². The summed E-state index contributed by atoms with van der Waals surface area (Å²) in [4.78, 5) is 0. The SMILES string of the molecule is N=NCCNCCCNCCN. The van der Waals surface area contributed by atoms with Crippen molar-refractivity contribution in [3.05, 3.63) is 0 Å². The monoisotopic (exact) mass is 173 g/mol. The van der Waals surface area contributed by atoms with Crippen LogP contribution in [-0.2, 0) is 0 Å². The lowest BCUT2D eigenvalue weighted by Gasteiger charge is -2.03. The van der Waals surface area contributed by atoms with Crippen molar-refractivity contribution in [3.63, 3.8) is 0 Å². The van der Waals surface area contributed by atoms with Gasteiger partial charge in [0.15, 0.2) is 0 Å². The van der Waals surface area contributed by atoms with E-state index in [9.17, 15) is 0 Å². The van der Waals surface area contributed by atoms with Crippen LogP contribution in [0.5, 0.6) is 0 Å². The lowest BCUT2D eigenvalue weighted by molar-refractivity contribution is 0.598. The summed E-state index contributed by atoms with van der Waals surface area (Å²) in [6, 6.07) is 0. The molecule has 0 aliphatic heterocycles. The molecule has 0 aromatic heterocycles. The zero-order valence-electron chi connectivity index (χ0n) is 7.47. The van der Waals surface area contributed by atoms with Gasteiger partial charge in [0.25, 0.3) is 0 Å². The summed E-state index contributed by atoms with van der Waals surface area (Å²) in [5.41, 5.74) is 11.8. The Balaban J connectivity index is 2.77. The van der Waals surface area contributed by atoms with Gasteiger partial charge in [-0.1, -0.05) is 0 Å². The van der Waals surface area contributed by atoms with Gasteiger partial charge < -0.3 is 16.4 Å². The highest BCUT2D eigenvalue weighted by atomic mass is 15.0. The Morgan fingerprint density at radius 1 is 1.08 bits per heavy atom. The Labute approximate surface area is 73.6 Å². The number of nitrogens with two attached hydrogens (primary N) is 1. The highest BCUT2D eigenvalue weighted by Crippen LogP contribution is 1.72. The number of hydrogen-bond donors (Lipinski definition) is 4. The molecule has 0 rings (SSSR count). The number of nitrogens with zero attached hydrogens (tertiary/aromatic N) is 1. The van der Waals surface area contributed by atoms with Crippen LogP contribution in [0.15, 0.2) is 5.11 Å². The maximum absolute atomic E-state index is 6.53. The summed E-state index contributed by atoms with van der Waals surface area (Å²) in [6.07, 6.45) is 1.10. The van der Waals surface area contributed by atoms with E-state index < -0.39 is 0 Å². The van der Waals surface area contributed by atoms with E-state index >= 15 is 0 Å². The first-order valence-corrected chi connectivity index (χ1v) is 4.36. The second-order valence-electron chi connectivity index (χ2n) is 2.52. The van der Waals surface area contributed by atoms with Gasteiger partial charge in [0.05, 0.1) is 6.54 Å². The van der Waals surface area contributed by atoms with E-state index in [4.69, 9.17) is 11.3 Å². The highest BCUT2D eigenvalue weighted by Gasteiger charge is 1.87. The third-order valence-electron chi connectivity index (χ3n) is 1.43. The van der Waals surface area contributed by atoms with Crippen molar-refractivity contribution >= 4 is 0 Å². The van der Waals surface area contributed by atoms with E-state index in [2.05, 4.69) is 15.7 Å². The summed E-state index contributed by atoms with van der Waals surface area (Å²) in [5, 5.41) is 9.62. The molecule has 0 fully saturated rings. The van der Waals surface area contributed by atoms with Gasteiger partial charge in [-0.15, -0.1) is 0 Å². The summed E-state index contributed by atoms with van der Waals surface area (Å²) < 4.78 is 0. The molecule has 5 heteroatoms. The van der Waals surface area contributed by atoms with Gasteiger partial charge in [-0.3, -0.25) is 0 Å². The van der Waals surface area contributed by atoms with Crippen LogP contribution in [0.3, 0.4) is 0 Å². The first-order chi connectivity index (χ1) is 5.91. The van der Waals surface area contributed by atoms with Crippen LogP contribution in [0.4, 0.5) is 0 Å². The molecule has 0 aliphatic rings. The number of hydrogen-bond acceptors (Lipinski definition) is 5. The molecule has 0 bridgehead atoms. The summed E-state index contributed by atoms with van der Waals surface area (Å²) in [6.45, 7) is 4.96. The Hall–Kier alpha value is -0.520. The molecule has 5 nitrogen and oxygen atoms in total.